The molecule has 88 valence electrons. The van der Waals surface area contributed by atoms with Crippen LogP contribution in [0, 0.1) is 5.92 Å². The predicted octanol–water partition coefficient (Wildman–Crippen LogP) is 2.45. The molecule has 3 N–H and O–H groups in total. The second-order valence-electron chi connectivity index (χ2n) is 5.01. The number of hydrogen-bond donors (Lipinski definition) is 2. The van der Waals surface area contributed by atoms with Crippen LogP contribution in [0.25, 0.3) is 0 Å². The largest absolute Gasteiger partial charge is 0.329 e. The lowest BCUT2D eigenvalue weighted by atomic mass is 9.85. The van der Waals surface area contributed by atoms with Crippen molar-refractivity contribution in [2.75, 3.05) is 13.1 Å². The molecule has 2 heteroatoms. The van der Waals surface area contributed by atoms with Gasteiger partial charge in [-0.3, -0.25) is 0 Å². The molecule has 0 radical (unpaired) electrons. The van der Waals surface area contributed by atoms with E-state index in [0.717, 1.165) is 19.0 Å². The Bertz CT molecular complexity index is 183. The Hall–Kier alpha value is -0.340. The molecule has 1 unspecified atom stereocenters. The lowest BCUT2D eigenvalue weighted by Gasteiger charge is -2.26. The van der Waals surface area contributed by atoms with Crippen molar-refractivity contribution in [3.05, 3.63) is 12.2 Å². The molecule has 0 aromatic carbocycles. The van der Waals surface area contributed by atoms with Crippen LogP contribution in [0.2, 0.25) is 0 Å². The third-order valence-corrected chi connectivity index (χ3v) is 3.32. The number of rotatable bonds is 6. The highest BCUT2D eigenvalue weighted by Crippen LogP contribution is 2.27. The highest BCUT2D eigenvalue weighted by molar-refractivity contribution is 4.92. The fourth-order valence-corrected chi connectivity index (χ4v) is 2.41. The fourth-order valence-electron chi connectivity index (χ4n) is 2.41. The summed E-state index contributed by atoms with van der Waals surface area (Å²) in [4.78, 5) is 0. The van der Waals surface area contributed by atoms with E-state index in [4.69, 9.17) is 5.73 Å². The molecule has 15 heavy (non-hydrogen) atoms. The first-order valence-electron chi connectivity index (χ1n) is 6.30. The van der Waals surface area contributed by atoms with Crippen LogP contribution in [0.3, 0.4) is 0 Å². The quantitative estimate of drug-likeness (QED) is 0.661. The van der Waals surface area contributed by atoms with Crippen LogP contribution in [0.15, 0.2) is 12.2 Å². The van der Waals surface area contributed by atoms with Gasteiger partial charge in [-0.2, -0.15) is 0 Å². The third-order valence-electron chi connectivity index (χ3n) is 3.32. The average molecular weight is 210 g/mol. The zero-order valence-electron chi connectivity index (χ0n) is 10.1. The zero-order chi connectivity index (χ0) is 11.1. The van der Waals surface area contributed by atoms with Crippen molar-refractivity contribution in [1.82, 2.24) is 5.32 Å². The molecule has 1 saturated carbocycles. The summed E-state index contributed by atoms with van der Waals surface area (Å²) in [5.41, 5.74) is 6.98. The minimum absolute atomic E-state index is 0.491. The molecule has 0 spiro atoms. The summed E-state index contributed by atoms with van der Waals surface area (Å²) >= 11 is 0. The molecule has 1 fully saturated rings. The summed E-state index contributed by atoms with van der Waals surface area (Å²) in [5.74, 6) is 0.907. The molecule has 0 bridgehead atoms. The summed E-state index contributed by atoms with van der Waals surface area (Å²) in [7, 11) is 0. The number of nitrogens with one attached hydrogen (secondary N) is 1. The molecule has 0 aliphatic heterocycles. The highest BCUT2D eigenvalue weighted by Gasteiger charge is 2.17. The van der Waals surface area contributed by atoms with Gasteiger partial charge in [0.2, 0.25) is 0 Å². The molecule has 1 aliphatic rings. The van der Waals surface area contributed by atoms with Crippen LogP contribution in [0.5, 0.6) is 0 Å². The molecule has 0 heterocycles. The Kier molecular flexibility index (Phi) is 5.96. The Balaban J connectivity index is 2.22. The van der Waals surface area contributed by atoms with Gasteiger partial charge >= 0.3 is 0 Å². The Morgan fingerprint density at radius 2 is 2.07 bits per heavy atom. The number of hydrogen-bond acceptors (Lipinski definition) is 2. The molecule has 1 aliphatic carbocycles. The standard InChI is InChI=1S/C13H26N2/c1-11(2)10-15-13(9-14)8-12-6-4-3-5-7-12/h12-13,15H,1,3-10,14H2,2H3. The van der Waals surface area contributed by atoms with Crippen LogP contribution in [-0.4, -0.2) is 19.1 Å². The second-order valence-corrected chi connectivity index (χ2v) is 5.01. The molecule has 0 amide bonds. The fraction of sp³-hybridized carbons (Fsp3) is 0.846. The van der Waals surface area contributed by atoms with E-state index < -0.39 is 0 Å². The van der Waals surface area contributed by atoms with Gasteiger partial charge in [0.25, 0.3) is 0 Å². The van der Waals surface area contributed by atoms with Gasteiger partial charge in [0.1, 0.15) is 0 Å². The van der Waals surface area contributed by atoms with E-state index in [2.05, 4.69) is 18.8 Å². The van der Waals surface area contributed by atoms with Crippen molar-refractivity contribution in [3.8, 4) is 0 Å². The normalized spacial score (nSPS) is 20.1. The van der Waals surface area contributed by atoms with Gasteiger partial charge in [-0.15, -0.1) is 0 Å². The SMILES string of the molecule is C=C(C)CNC(CN)CC1CCCCC1. The van der Waals surface area contributed by atoms with Crippen molar-refractivity contribution in [1.29, 1.82) is 0 Å². The summed E-state index contributed by atoms with van der Waals surface area (Å²) < 4.78 is 0. The molecule has 0 aromatic heterocycles. The van der Waals surface area contributed by atoms with Gasteiger partial charge in [0.15, 0.2) is 0 Å². The van der Waals surface area contributed by atoms with Gasteiger partial charge in [-0.05, 0) is 19.3 Å². The van der Waals surface area contributed by atoms with E-state index in [9.17, 15) is 0 Å². The topological polar surface area (TPSA) is 38.0 Å². The molecule has 2 nitrogen and oxygen atoms in total. The maximum atomic E-state index is 5.78. The summed E-state index contributed by atoms with van der Waals surface area (Å²) in [6, 6.07) is 0.491. The third kappa shape index (κ3) is 5.33. The van der Waals surface area contributed by atoms with Crippen molar-refractivity contribution >= 4 is 0 Å². The van der Waals surface area contributed by atoms with Crippen molar-refractivity contribution in [2.24, 2.45) is 11.7 Å². The zero-order valence-corrected chi connectivity index (χ0v) is 10.1. The molecule has 1 atom stereocenters. The molecular weight excluding hydrogens is 184 g/mol. The first kappa shape index (κ1) is 12.7. The van der Waals surface area contributed by atoms with Gasteiger partial charge < -0.3 is 11.1 Å². The predicted molar refractivity (Wildman–Crippen MR) is 66.9 cm³/mol. The van der Waals surface area contributed by atoms with E-state index in [0.29, 0.717) is 6.04 Å². The van der Waals surface area contributed by atoms with Crippen LogP contribution in [0.1, 0.15) is 45.4 Å². The van der Waals surface area contributed by atoms with Gasteiger partial charge in [-0.1, -0.05) is 44.3 Å². The van der Waals surface area contributed by atoms with Crippen molar-refractivity contribution < 1.29 is 0 Å². The first-order chi connectivity index (χ1) is 7.22. The minimum atomic E-state index is 0.491. The van der Waals surface area contributed by atoms with E-state index in [1.807, 2.05) is 0 Å². The molecular formula is C13H26N2. The molecule has 0 saturated heterocycles. The van der Waals surface area contributed by atoms with Gasteiger partial charge in [0, 0.05) is 19.1 Å². The van der Waals surface area contributed by atoms with Gasteiger partial charge in [-0.25, -0.2) is 0 Å². The monoisotopic (exact) mass is 210 g/mol. The number of nitrogens with two attached hydrogens (primary N) is 1. The van der Waals surface area contributed by atoms with Crippen molar-refractivity contribution in [2.45, 2.75) is 51.5 Å². The second kappa shape index (κ2) is 7.02. The minimum Gasteiger partial charge on any atom is -0.329 e. The van der Waals surface area contributed by atoms with Crippen LogP contribution < -0.4 is 11.1 Å². The van der Waals surface area contributed by atoms with Crippen LogP contribution in [0.4, 0.5) is 0 Å². The van der Waals surface area contributed by atoms with E-state index in [1.165, 1.54) is 44.1 Å². The summed E-state index contributed by atoms with van der Waals surface area (Å²) in [6.45, 7) is 7.63. The van der Waals surface area contributed by atoms with Gasteiger partial charge in [0.05, 0.1) is 0 Å². The maximum absolute atomic E-state index is 5.78. The Labute approximate surface area is 94.3 Å². The van der Waals surface area contributed by atoms with E-state index in [1.54, 1.807) is 0 Å². The lowest BCUT2D eigenvalue weighted by Crippen LogP contribution is -2.38. The maximum Gasteiger partial charge on any atom is 0.0195 e. The van der Waals surface area contributed by atoms with E-state index >= 15 is 0 Å². The molecule has 0 aromatic rings. The summed E-state index contributed by atoms with van der Waals surface area (Å²) in [5, 5.41) is 3.49. The van der Waals surface area contributed by atoms with E-state index in [-0.39, 0.29) is 0 Å². The van der Waals surface area contributed by atoms with Crippen LogP contribution >= 0.6 is 0 Å². The average Bonchev–Trinajstić information content (AvgIpc) is 2.25. The Morgan fingerprint density at radius 1 is 1.40 bits per heavy atom. The smallest absolute Gasteiger partial charge is 0.0195 e. The molecule has 1 rings (SSSR count). The first-order valence-corrected chi connectivity index (χ1v) is 6.30. The lowest BCUT2D eigenvalue weighted by molar-refractivity contribution is 0.302. The highest BCUT2D eigenvalue weighted by atomic mass is 14.9. The summed E-state index contributed by atoms with van der Waals surface area (Å²) in [6.07, 6.45) is 8.34. The van der Waals surface area contributed by atoms with Crippen LogP contribution in [-0.2, 0) is 0 Å². The Morgan fingerprint density at radius 3 is 2.60 bits per heavy atom. The van der Waals surface area contributed by atoms with Crippen molar-refractivity contribution in [3.63, 3.8) is 0 Å².